The van der Waals surface area contributed by atoms with Crippen molar-refractivity contribution in [3.8, 4) is 11.5 Å². The second-order valence-corrected chi connectivity index (χ2v) is 8.91. The van der Waals surface area contributed by atoms with Gasteiger partial charge in [-0.05, 0) is 46.7 Å². The number of nitrogens with zero attached hydrogens (tertiary/aromatic N) is 1. The summed E-state index contributed by atoms with van der Waals surface area (Å²) in [6.07, 6.45) is 0. The molecule has 5 aromatic carbocycles. The summed E-state index contributed by atoms with van der Waals surface area (Å²) in [5.41, 5.74) is 8.79. The molecule has 0 saturated carbocycles. The average molecular weight is 435 g/mol. The molecule has 0 saturated heterocycles. The maximum Gasteiger partial charge on any atom is 0.256 e. The lowest BCUT2D eigenvalue weighted by Gasteiger charge is -2.40. The van der Waals surface area contributed by atoms with Crippen LogP contribution < -0.4 is 26.0 Å². The summed E-state index contributed by atoms with van der Waals surface area (Å²) in [5, 5.41) is 2.12. The van der Waals surface area contributed by atoms with Gasteiger partial charge in [0.15, 0.2) is 0 Å². The Morgan fingerprint density at radius 1 is 0.618 bits per heavy atom. The maximum atomic E-state index is 6.72. The third-order valence-corrected chi connectivity index (χ3v) is 7.11. The smallest absolute Gasteiger partial charge is 0.256 e. The fraction of sp³-hybridized carbons (Fsp3) is 0. The first kappa shape index (κ1) is 18.0. The topological polar surface area (TPSA) is 25.6 Å². The first-order chi connectivity index (χ1) is 16.9. The fourth-order valence-corrected chi connectivity index (χ4v) is 5.74. The van der Waals surface area contributed by atoms with Crippen LogP contribution in [-0.4, -0.2) is 6.71 Å². The van der Waals surface area contributed by atoms with Crippen molar-refractivity contribution in [2.24, 2.45) is 0 Å². The van der Waals surface area contributed by atoms with Crippen LogP contribution in [0.15, 0.2) is 114 Å². The molecule has 34 heavy (non-hydrogen) atoms. The van der Waals surface area contributed by atoms with Crippen molar-refractivity contribution in [3.63, 3.8) is 0 Å². The van der Waals surface area contributed by atoms with E-state index in [1.807, 2.05) is 18.2 Å². The molecule has 2 aliphatic rings. The molecular weight excluding hydrogens is 417 g/mol. The Kier molecular flexibility index (Phi) is 3.48. The molecule has 0 fully saturated rings. The third kappa shape index (κ3) is 2.27. The van der Waals surface area contributed by atoms with E-state index in [2.05, 4.69) is 95.9 Å². The van der Waals surface area contributed by atoms with E-state index in [4.69, 9.17) is 9.15 Å². The monoisotopic (exact) mass is 435 g/mol. The molecule has 158 valence electrons. The van der Waals surface area contributed by atoms with Gasteiger partial charge in [0.05, 0.1) is 5.39 Å². The number of rotatable bonds is 1. The second kappa shape index (κ2) is 6.55. The van der Waals surface area contributed by atoms with Gasteiger partial charge in [-0.15, -0.1) is 0 Å². The molecule has 2 aliphatic heterocycles. The van der Waals surface area contributed by atoms with Crippen molar-refractivity contribution >= 4 is 62.1 Å². The number of hydrogen-bond acceptors (Lipinski definition) is 3. The number of hydrogen-bond donors (Lipinski definition) is 0. The lowest BCUT2D eigenvalue weighted by Crippen LogP contribution is -2.59. The maximum absolute atomic E-state index is 6.72. The molecule has 0 radical (unpaired) electrons. The lowest BCUT2D eigenvalue weighted by molar-refractivity contribution is 0.493. The Balaban J connectivity index is 1.56. The predicted molar refractivity (Wildman–Crippen MR) is 140 cm³/mol. The summed E-state index contributed by atoms with van der Waals surface area (Å²) in [5.74, 6) is 1.81. The van der Waals surface area contributed by atoms with Gasteiger partial charge < -0.3 is 14.1 Å². The molecular formula is C30H18BNO2. The minimum absolute atomic E-state index is 0.0872. The molecule has 0 N–H and O–H groups in total. The molecule has 3 nitrogen and oxygen atoms in total. The highest BCUT2D eigenvalue weighted by Gasteiger charge is 2.43. The van der Waals surface area contributed by atoms with Gasteiger partial charge in [-0.1, -0.05) is 72.8 Å². The fourth-order valence-electron chi connectivity index (χ4n) is 5.74. The van der Waals surface area contributed by atoms with Crippen LogP contribution in [0.3, 0.4) is 0 Å². The second-order valence-electron chi connectivity index (χ2n) is 8.91. The first-order valence-electron chi connectivity index (χ1n) is 11.6. The molecule has 6 aromatic rings. The summed E-state index contributed by atoms with van der Waals surface area (Å²) in [6, 6.07) is 38.1. The van der Waals surface area contributed by atoms with Crippen LogP contribution in [-0.2, 0) is 0 Å². The van der Waals surface area contributed by atoms with Gasteiger partial charge in [0.1, 0.15) is 22.7 Å². The van der Waals surface area contributed by atoms with Crippen molar-refractivity contribution < 1.29 is 9.15 Å². The normalized spacial score (nSPS) is 13.4. The summed E-state index contributed by atoms with van der Waals surface area (Å²) in [7, 11) is 0. The van der Waals surface area contributed by atoms with Gasteiger partial charge in [-0.25, -0.2) is 0 Å². The van der Waals surface area contributed by atoms with Crippen molar-refractivity contribution in [1.82, 2.24) is 0 Å². The van der Waals surface area contributed by atoms with Gasteiger partial charge in [0.25, 0.3) is 6.71 Å². The molecule has 3 heterocycles. The number of fused-ring (bicyclic) bond motifs is 8. The largest absolute Gasteiger partial charge is 0.458 e. The first-order valence-corrected chi connectivity index (χ1v) is 11.6. The number of benzene rings is 5. The Hall–Kier alpha value is -4.44. The van der Waals surface area contributed by atoms with Gasteiger partial charge in [-0.2, -0.15) is 0 Å². The van der Waals surface area contributed by atoms with E-state index in [0.717, 1.165) is 44.8 Å². The van der Waals surface area contributed by atoms with Crippen LogP contribution in [0.4, 0.5) is 17.1 Å². The summed E-state index contributed by atoms with van der Waals surface area (Å²) in [6.45, 7) is 0.0872. The zero-order chi connectivity index (χ0) is 22.2. The van der Waals surface area contributed by atoms with Crippen LogP contribution in [0.25, 0.3) is 21.9 Å². The van der Waals surface area contributed by atoms with Crippen molar-refractivity contribution in [2.45, 2.75) is 0 Å². The summed E-state index contributed by atoms with van der Waals surface area (Å²) >= 11 is 0. The van der Waals surface area contributed by atoms with E-state index < -0.39 is 0 Å². The van der Waals surface area contributed by atoms with Crippen LogP contribution >= 0.6 is 0 Å². The molecule has 0 atom stereocenters. The van der Waals surface area contributed by atoms with Crippen LogP contribution in [0.1, 0.15) is 0 Å². The average Bonchev–Trinajstić information content (AvgIpc) is 3.27. The molecule has 8 rings (SSSR count). The lowest BCUT2D eigenvalue weighted by atomic mass is 9.34. The molecule has 0 bridgehead atoms. The van der Waals surface area contributed by atoms with E-state index >= 15 is 0 Å². The van der Waals surface area contributed by atoms with Gasteiger partial charge >= 0.3 is 0 Å². The van der Waals surface area contributed by atoms with Gasteiger partial charge in [-0.3, -0.25) is 0 Å². The zero-order valence-corrected chi connectivity index (χ0v) is 18.2. The van der Waals surface area contributed by atoms with E-state index in [1.54, 1.807) is 0 Å². The van der Waals surface area contributed by atoms with Crippen molar-refractivity contribution in [1.29, 1.82) is 0 Å². The van der Waals surface area contributed by atoms with Crippen LogP contribution in [0.5, 0.6) is 11.5 Å². The molecule has 0 unspecified atom stereocenters. The highest BCUT2D eigenvalue weighted by molar-refractivity contribution is 6.99. The third-order valence-electron chi connectivity index (χ3n) is 7.11. The Morgan fingerprint density at radius 3 is 2.26 bits per heavy atom. The highest BCUT2D eigenvalue weighted by atomic mass is 16.5. The minimum Gasteiger partial charge on any atom is -0.458 e. The van der Waals surface area contributed by atoms with E-state index in [-0.39, 0.29) is 6.71 Å². The number of ether oxygens (including phenoxy) is 1. The minimum atomic E-state index is 0.0872. The molecule has 0 amide bonds. The van der Waals surface area contributed by atoms with Crippen molar-refractivity contribution in [3.05, 3.63) is 109 Å². The standard InChI is InChI=1S/C30H18BNO2/c1-2-10-19(11-3-1)32-23-15-7-5-13-21(23)31-22-14-6-9-17-26(22)34-30-28-20-12-4-8-16-25(20)33-27(28)18-24(32)29(30)31/h1-18H. The SMILES string of the molecule is c1ccc(N2c3ccccc3B3c4ccccc4Oc4c3c2cc2oc3ccccc3c42)cc1. The van der Waals surface area contributed by atoms with Crippen LogP contribution in [0.2, 0.25) is 0 Å². The van der Waals surface area contributed by atoms with Crippen LogP contribution in [0, 0.1) is 0 Å². The highest BCUT2D eigenvalue weighted by Crippen LogP contribution is 2.46. The Bertz CT molecular complexity index is 1760. The molecule has 0 spiro atoms. The molecule has 0 aliphatic carbocycles. The number of anilines is 3. The summed E-state index contributed by atoms with van der Waals surface area (Å²) in [4.78, 5) is 2.34. The quantitative estimate of drug-likeness (QED) is 0.296. The zero-order valence-electron chi connectivity index (χ0n) is 18.2. The Labute approximate surface area is 196 Å². The van der Waals surface area contributed by atoms with E-state index in [0.29, 0.717) is 0 Å². The Morgan fingerprint density at radius 2 is 1.35 bits per heavy atom. The molecule has 1 aromatic heterocycles. The van der Waals surface area contributed by atoms with Crippen molar-refractivity contribution in [2.75, 3.05) is 4.90 Å². The molecule has 4 heteroatoms. The van der Waals surface area contributed by atoms with Gasteiger partial charge in [0.2, 0.25) is 0 Å². The number of furan rings is 1. The number of para-hydroxylation sites is 4. The van der Waals surface area contributed by atoms with E-state index in [9.17, 15) is 0 Å². The van der Waals surface area contributed by atoms with E-state index in [1.165, 1.54) is 22.1 Å². The predicted octanol–water partition coefficient (Wildman–Crippen LogP) is 5.99. The van der Waals surface area contributed by atoms with Gasteiger partial charge in [0, 0.05) is 28.5 Å². The summed E-state index contributed by atoms with van der Waals surface area (Å²) < 4.78 is 13.1.